The summed E-state index contributed by atoms with van der Waals surface area (Å²) >= 11 is 0. The molecule has 1 amide bonds. The molecule has 0 atom stereocenters. The van der Waals surface area contributed by atoms with Gasteiger partial charge in [0.05, 0.1) is 5.69 Å². The second kappa shape index (κ2) is 9.83. The van der Waals surface area contributed by atoms with E-state index in [2.05, 4.69) is 5.10 Å². The average molecular weight is 427 g/mol. The highest BCUT2D eigenvalue weighted by Crippen LogP contribution is 2.12. The minimum absolute atomic E-state index is 0.151. The van der Waals surface area contributed by atoms with Gasteiger partial charge in [0.2, 0.25) is 0 Å². The first kappa shape index (κ1) is 21.2. The van der Waals surface area contributed by atoms with Crippen LogP contribution in [0.15, 0.2) is 102 Å². The fourth-order valence-corrected chi connectivity index (χ4v) is 3.42. The van der Waals surface area contributed by atoms with Crippen molar-refractivity contribution in [1.82, 2.24) is 14.7 Å². The normalized spacial score (nSPS) is 10.7. The highest BCUT2D eigenvalue weighted by molar-refractivity contribution is 5.92. The summed E-state index contributed by atoms with van der Waals surface area (Å²) < 4.78 is 14.4. The molecule has 0 radical (unpaired) electrons. The smallest absolute Gasteiger partial charge is 0.274 e. The van der Waals surface area contributed by atoms with E-state index in [0.717, 1.165) is 15.8 Å². The molecular formula is C26H22FN3O2. The van der Waals surface area contributed by atoms with E-state index in [1.54, 1.807) is 4.90 Å². The van der Waals surface area contributed by atoms with Crippen LogP contribution in [0, 0.1) is 5.82 Å². The largest absolute Gasteiger partial charge is 0.333 e. The molecule has 0 aliphatic heterocycles. The average Bonchev–Trinajstić information content (AvgIpc) is 2.83. The van der Waals surface area contributed by atoms with E-state index in [9.17, 15) is 14.0 Å². The Balaban J connectivity index is 1.62. The number of amides is 1. The van der Waals surface area contributed by atoms with Crippen molar-refractivity contribution in [3.8, 4) is 5.69 Å². The van der Waals surface area contributed by atoms with Crippen molar-refractivity contribution < 1.29 is 9.18 Å². The van der Waals surface area contributed by atoms with E-state index in [1.807, 2.05) is 60.7 Å². The second-order valence-electron chi connectivity index (χ2n) is 7.39. The van der Waals surface area contributed by atoms with Gasteiger partial charge < -0.3 is 4.90 Å². The number of carbonyl (C=O) groups excluding carboxylic acids is 1. The van der Waals surface area contributed by atoms with Crippen molar-refractivity contribution in [3.63, 3.8) is 0 Å². The number of benzene rings is 3. The van der Waals surface area contributed by atoms with Crippen LogP contribution in [-0.2, 0) is 13.0 Å². The van der Waals surface area contributed by atoms with Crippen LogP contribution in [0.3, 0.4) is 0 Å². The van der Waals surface area contributed by atoms with E-state index in [4.69, 9.17) is 0 Å². The first-order valence-corrected chi connectivity index (χ1v) is 10.3. The molecule has 0 saturated carbocycles. The Morgan fingerprint density at radius 1 is 0.812 bits per heavy atom. The predicted octanol–water partition coefficient (Wildman–Crippen LogP) is 4.26. The van der Waals surface area contributed by atoms with Gasteiger partial charge in [-0.15, -0.1) is 0 Å². The fourth-order valence-electron chi connectivity index (χ4n) is 3.42. The molecule has 0 spiro atoms. The van der Waals surface area contributed by atoms with Gasteiger partial charge in [0.1, 0.15) is 11.5 Å². The third kappa shape index (κ3) is 5.16. The van der Waals surface area contributed by atoms with Crippen LogP contribution in [0.2, 0.25) is 0 Å². The molecule has 0 aliphatic carbocycles. The minimum Gasteiger partial charge on any atom is -0.333 e. The lowest BCUT2D eigenvalue weighted by atomic mass is 10.1. The SMILES string of the molecule is O=C(c1ccc(=O)n(-c2ccc(F)cc2)n1)N(CCc1ccccc1)Cc1ccccc1. The molecule has 5 nitrogen and oxygen atoms in total. The van der Waals surface area contributed by atoms with E-state index < -0.39 is 11.4 Å². The molecule has 32 heavy (non-hydrogen) atoms. The first-order chi connectivity index (χ1) is 15.6. The third-order valence-electron chi connectivity index (χ3n) is 5.11. The standard InChI is InChI=1S/C26H22FN3O2/c27-22-11-13-23(14-12-22)30-25(31)16-15-24(28-30)26(32)29(19-21-9-5-2-6-10-21)18-17-20-7-3-1-4-8-20/h1-16H,17-19H2. The molecule has 4 rings (SSSR count). The van der Waals surface area contributed by atoms with Crippen molar-refractivity contribution in [2.45, 2.75) is 13.0 Å². The van der Waals surface area contributed by atoms with Crippen LogP contribution >= 0.6 is 0 Å². The van der Waals surface area contributed by atoms with Crippen LogP contribution in [0.1, 0.15) is 21.6 Å². The van der Waals surface area contributed by atoms with Gasteiger partial charge in [-0.3, -0.25) is 9.59 Å². The van der Waals surface area contributed by atoms with Gasteiger partial charge in [-0.2, -0.15) is 9.78 Å². The van der Waals surface area contributed by atoms with Crippen LogP contribution < -0.4 is 5.56 Å². The Bertz CT molecular complexity index is 1240. The van der Waals surface area contributed by atoms with Crippen LogP contribution in [0.4, 0.5) is 4.39 Å². The molecule has 3 aromatic carbocycles. The summed E-state index contributed by atoms with van der Waals surface area (Å²) in [5.74, 6) is -0.690. The van der Waals surface area contributed by atoms with Crippen LogP contribution in [0.25, 0.3) is 5.69 Å². The van der Waals surface area contributed by atoms with Crippen LogP contribution in [0.5, 0.6) is 0 Å². The molecule has 1 heterocycles. The Labute approximate surface area is 185 Å². The zero-order chi connectivity index (χ0) is 22.3. The summed E-state index contributed by atoms with van der Waals surface area (Å²) in [7, 11) is 0. The zero-order valence-electron chi connectivity index (χ0n) is 17.4. The van der Waals surface area contributed by atoms with E-state index in [1.165, 1.54) is 36.4 Å². The topological polar surface area (TPSA) is 55.2 Å². The Morgan fingerprint density at radius 2 is 1.44 bits per heavy atom. The third-order valence-corrected chi connectivity index (χ3v) is 5.11. The lowest BCUT2D eigenvalue weighted by Gasteiger charge is -2.23. The Hall–Kier alpha value is -4.06. The molecular weight excluding hydrogens is 405 g/mol. The maximum Gasteiger partial charge on any atom is 0.274 e. The minimum atomic E-state index is -0.413. The van der Waals surface area contributed by atoms with Gasteiger partial charge in [-0.25, -0.2) is 4.39 Å². The summed E-state index contributed by atoms with van der Waals surface area (Å²) in [6.45, 7) is 0.916. The van der Waals surface area contributed by atoms with E-state index in [0.29, 0.717) is 25.2 Å². The number of halogens is 1. The van der Waals surface area contributed by atoms with Crippen molar-refractivity contribution in [3.05, 3.63) is 130 Å². The monoisotopic (exact) mass is 427 g/mol. The van der Waals surface area contributed by atoms with Gasteiger partial charge in [-0.1, -0.05) is 60.7 Å². The van der Waals surface area contributed by atoms with Gasteiger partial charge >= 0.3 is 0 Å². The lowest BCUT2D eigenvalue weighted by molar-refractivity contribution is 0.0737. The number of rotatable bonds is 7. The highest BCUT2D eigenvalue weighted by atomic mass is 19.1. The Morgan fingerprint density at radius 3 is 2.09 bits per heavy atom. The number of hydrogen-bond donors (Lipinski definition) is 0. The maximum absolute atomic E-state index is 13.4. The number of hydrogen-bond acceptors (Lipinski definition) is 3. The van der Waals surface area contributed by atoms with Crippen LogP contribution in [-0.4, -0.2) is 27.1 Å². The van der Waals surface area contributed by atoms with E-state index in [-0.39, 0.29) is 11.6 Å². The summed E-state index contributed by atoms with van der Waals surface area (Å²) in [6, 6.07) is 27.8. The van der Waals surface area contributed by atoms with E-state index >= 15 is 0 Å². The summed E-state index contributed by atoms with van der Waals surface area (Å²) in [5, 5.41) is 4.28. The van der Waals surface area contributed by atoms with Gasteiger partial charge in [-0.05, 0) is 47.9 Å². The van der Waals surface area contributed by atoms with Crippen molar-refractivity contribution >= 4 is 5.91 Å². The summed E-state index contributed by atoms with van der Waals surface area (Å²) in [5.41, 5.74) is 2.28. The molecule has 6 heteroatoms. The van der Waals surface area contributed by atoms with Gasteiger partial charge in [0, 0.05) is 19.2 Å². The first-order valence-electron chi connectivity index (χ1n) is 10.3. The zero-order valence-corrected chi connectivity index (χ0v) is 17.4. The fraction of sp³-hybridized carbons (Fsp3) is 0.115. The van der Waals surface area contributed by atoms with Gasteiger partial charge in [0.15, 0.2) is 0 Å². The van der Waals surface area contributed by atoms with Crippen molar-refractivity contribution in [1.29, 1.82) is 0 Å². The number of aromatic nitrogens is 2. The molecule has 0 saturated heterocycles. The molecule has 0 bridgehead atoms. The predicted molar refractivity (Wildman–Crippen MR) is 121 cm³/mol. The highest BCUT2D eigenvalue weighted by Gasteiger charge is 2.19. The molecule has 0 unspecified atom stereocenters. The maximum atomic E-state index is 13.4. The lowest BCUT2D eigenvalue weighted by Crippen LogP contribution is -2.34. The molecule has 0 N–H and O–H groups in total. The second-order valence-corrected chi connectivity index (χ2v) is 7.39. The number of nitrogens with zero attached hydrogens (tertiary/aromatic N) is 3. The molecule has 0 aliphatic rings. The van der Waals surface area contributed by atoms with Crippen molar-refractivity contribution in [2.24, 2.45) is 0 Å². The Kier molecular flexibility index (Phi) is 6.51. The molecule has 1 aromatic heterocycles. The number of carbonyl (C=O) groups is 1. The summed E-state index contributed by atoms with van der Waals surface area (Å²) in [6.07, 6.45) is 0.691. The van der Waals surface area contributed by atoms with Gasteiger partial charge in [0.25, 0.3) is 11.5 Å². The summed E-state index contributed by atoms with van der Waals surface area (Å²) in [4.78, 5) is 27.5. The molecule has 0 fully saturated rings. The molecule has 4 aromatic rings. The molecule has 160 valence electrons. The van der Waals surface area contributed by atoms with Crippen molar-refractivity contribution in [2.75, 3.05) is 6.54 Å². The quantitative estimate of drug-likeness (QED) is 0.443.